The maximum Gasteiger partial charge on any atom is 0.101 e. The van der Waals surface area contributed by atoms with Gasteiger partial charge in [-0.1, -0.05) is 79.8 Å². The van der Waals surface area contributed by atoms with Gasteiger partial charge in [0.1, 0.15) is 12.1 Å². The highest BCUT2D eigenvalue weighted by atomic mass is 33.1. The summed E-state index contributed by atoms with van der Waals surface area (Å²) >= 11 is 3.86. The maximum atomic E-state index is 9.88. The van der Waals surface area contributed by atoms with E-state index in [-0.39, 0.29) is 0 Å². The van der Waals surface area contributed by atoms with Crippen LogP contribution in [0, 0.1) is 22.7 Å². The third-order valence-electron chi connectivity index (χ3n) is 4.71. The van der Waals surface area contributed by atoms with Gasteiger partial charge in [0.2, 0.25) is 0 Å². The molecule has 2 aromatic carbocycles. The van der Waals surface area contributed by atoms with E-state index in [0.717, 1.165) is 49.7 Å². The Balaban J connectivity index is 2.15. The second-order valence-electron chi connectivity index (χ2n) is 6.57. The molecule has 0 unspecified atom stereocenters. The highest BCUT2D eigenvalue weighted by Crippen LogP contribution is 2.74. The number of nitrogens with zero attached hydrogens (tertiary/aromatic N) is 2. The van der Waals surface area contributed by atoms with Crippen LogP contribution in [0.15, 0.2) is 40.1 Å². The number of fused-ring (bicyclic) bond motifs is 1. The molecule has 0 spiro atoms. The molecular weight excluding hydrogens is 387 g/mol. The minimum atomic E-state index is -0.450. The lowest BCUT2D eigenvalue weighted by Gasteiger charge is -2.16. The van der Waals surface area contributed by atoms with Gasteiger partial charge in [0.15, 0.2) is 0 Å². The van der Waals surface area contributed by atoms with E-state index in [2.05, 4.69) is 56.3 Å². The van der Waals surface area contributed by atoms with Crippen molar-refractivity contribution in [2.75, 3.05) is 0 Å². The van der Waals surface area contributed by atoms with Crippen LogP contribution in [0.4, 0.5) is 0 Å². The molecule has 1 heterocycles. The van der Waals surface area contributed by atoms with Crippen molar-refractivity contribution < 1.29 is 0 Å². The van der Waals surface area contributed by atoms with Gasteiger partial charge >= 0.3 is 0 Å². The van der Waals surface area contributed by atoms with Gasteiger partial charge in [-0.15, -0.1) is 0 Å². The smallest absolute Gasteiger partial charge is 0.101 e. The molecule has 27 heavy (non-hydrogen) atoms. The van der Waals surface area contributed by atoms with Gasteiger partial charge in [-0.2, -0.15) is 10.5 Å². The van der Waals surface area contributed by atoms with Crippen LogP contribution in [0.5, 0.6) is 0 Å². The van der Waals surface area contributed by atoms with Crippen molar-refractivity contribution in [3.05, 3.63) is 52.6 Å². The Labute approximate surface area is 171 Å². The van der Waals surface area contributed by atoms with Crippen LogP contribution in [0.3, 0.4) is 0 Å². The van der Waals surface area contributed by atoms with Crippen LogP contribution in [0.2, 0.25) is 0 Å². The van der Waals surface area contributed by atoms with E-state index in [0.29, 0.717) is 11.1 Å². The summed E-state index contributed by atoms with van der Waals surface area (Å²) in [5, 5.41) is 21.1. The van der Waals surface area contributed by atoms with Gasteiger partial charge in [0, 0.05) is 9.79 Å². The minimum absolute atomic E-state index is 0.450. The van der Waals surface area contributed by atoms with Gasteiger partial charge < -0.3 is 0 Å². The van der Waals surface area contributed by atoms with Crippen molar-refractivity contribution in [2.24, 2.45) is 0 Å². The monoisotopic (exact) mass is 410 g/mol. The van der Waals surface area contributed by atoms with Crippen LogP contribution < -0.4 is 5.30 Å². The Hall–Kier alpha value is -1.45. The van der Waals surface area contributed by atoms with Crippen LogP contribution in [-0.2, 0) is 12.8 Å². The molecule has 5 heteroatoms. The van der Waals surface area contributed by atoms with Gasteiger partial charge in [0.05, 0.1) is 17.5 Å². The van der Waals surface area contributed by atoms with E-state index >= 15 is 0 Å². The average Bonchev–Trinajstić information content (AvgIpc) is 3.15. The number of hydrogen-bond acceptors (Lipinski definition) is 4. The number of benzene rings is 2. The van der Waals surface area contributed by atoms with Crippen molar-refractivity contribution >= 4 is 34.4 Å². The molecule has 0 aromatic heterocycles. The molecule has 0 atom stereocenters. The van der Waals surface area contributed by atoms with Crippen LogP contribution >= 0.6 is 29.1 Å². The first-order valence-electron chi connectivity index (χ1n) is 9.48. The first-order chi connectivity index (χ1) is 13.2. The van der Waals surface area contributed by atoms with E-state index in [1.165, 1.54) is 15.1 Å². The van der Waals surface area contributed by atoms with E-state index in [4.69, 9.17) is 0 Å². The number of hydrogen-bond donors (Lipinski definition) is 0. The zero-order valence-corrected chi connectivity index (χ0v) is 18.3. The molecule has 0 amide bonds. The van der Waals surface area contributed by atoms with Crippen LogP contribution in [0.25, 0.3) is 0 Å². The van der Waals surface area contributed by atoms with Gasteiger partial charge in [-0.25, -0.2) is 0 Å². The highest BCUT2D eigenvalue weighted by molar-refractivity contribution is 8.91. The molecule has 0 bridgehead atoms. The summed E-state index contributed by atoms with van der Waals surface area (Å²) < 4.78 is 0. The number of unbranched alkanes of at least 4 members (excludes halogenated alkanes) is 2. The molecule has 0 fully saturated rings. The quantitative estimate of drug-likeness (QED) is 0.463. The molecule has 0 radical (unpaired) electrons. The Morgan fingerprint density at radius 1 is 0.815 bits per heavy atom. The fraction of sp³-hybridized carbons (Fsp3) is 0.364. The molecule has 138 valence electrons. The Kier molecular flexibility index (Phi) is 7.26. The van der Waals surface area contributed by atoms with Crippen molar-refractivity contribution in [1.82, 2.24) is 0 Å². The van der Waals surface area contributed by atoms with Crippen LogP contribution in [0.1, 0.15) is 61.8 Å². The molecule has 2 nitrogen and oxygen atoms in total. The van der Waals surface area contributed by atoms with E-state index in [1.54, 1.807) is 0 Å². The predicted octanol–water partition coefficient (Wildman–Crippen LogP) is 6.95. The zero-order valence-electron chi connectivity index (χ0n) is 15.8. The Morgan fingerprint density at radius 3 is 1.70 bits per heavy atom. The summed E-state index contributed by atoms with van der Waals surface area (Å²) in [7, 11) is 0. The Morgan fingerprint density at radius 2 is 1.30 bits per heavy atom. The lowest BCUT2D eigenvalue weighted by molar-refractivity contribution is 0.758. The summed E-state index contributed by atoms with van der Waals surface area (Å²) in [4.78, 5) is 2.56. The first-order valence-corrected chi connectivity index (χ1v) is 13.7. The SMILES string of the molecule is CCCCc1c(C#N)c(C#N)c(CCCC)c2c1SP(c1ccccc1)S2. The average molecular weight is 411 g/mol. The molecule has 3 rings (SSSR count). The Bertz CT molecular complexity index is 842. The molecule has 1 aliphatic heterocycles. The fourth-order valence-corrected chi connectivity index (χ4v) is 11.3. The molecule has 1 aliphatic rings. The fourth-order valence-electron chi connectivity index (χ4n) is 3.27. The minimum Gasteiger partial charge on any atom is -0.192 e. The summed E-state index contributed by atoms with van der Waals surface area (Å²) in [5.74, 6) is 0. The largest absolute Gasteiger partial charge is 0.192 e. The van der Waals surface area contributed by atoms with Crippen molar-refractivity contribution in [1.29, 1.82) is 10.5 Å². The van der Waals surface area contributed by atoms with Gasteiger partial charge in [-0.05, 0) is 42.1 Å². The normalized spacial score (nSPS) is 13.2. The van der Waals surface area contributed by atoms with Crippen molar-refractivity contribution in [3.8, 4) is 12.1 Å². The molecular formula is C22H23N2PS2. The molecule has 0 N–H and O–H groups in total. The molecule has 0 saturated heterocycles. The topological polar surface area (TPSA) is 47.6 Å². The molecule has 0 saturated carbocycles. The lowest BCUT2D eigenvalue weighted by Crippen LogP contribution is -2.04. The summed E-state index contributed by atoms with van der Waals surface area (Å²) in [5.41, 5.74) is 3.50. The second kappa shape index (κ2) is 9.66. The van der Waals surface area contributed by atoms with Gasteiger partial charge in [-0.3, -0.25) is 0 Å². The predicted molar refractivity (Wildman–Crippen MR) is 118 cm³/mol. The molecule has 0 aliphatic carbocycles. The standard InChI is InChI=1S/C22H23N2PS2/c1-3-5-12-17-19(14-23)20(15-24)18(13-6-4-2)22-21(17)26-25(27-22)16-10-8-7-9-11-16/h7-11H,3-6,12-13H2,1-2H3. The third kappa shape index (κ3) is 4.20. The van der Waals surface area contributed by atoms with E-state index < -0.39 is 6.33 Å². The number of nitriles is 2. The highest BCUT2D eigenvalue weighted by Gasteiger charge is 2.33. The summed E-state index contributed by atoms with van der Waals surface area (Å²) in [6.45, 7) is 4.34. The molecule has 2 aromatic rings. The lowest BCUT2D eigenvalue weighted by atomic mass is 9.92. The number of rotatable bonds is 7. The second-order valence-corrected chi connectivity index (χ2v) is 12.8. The van der Waals surface area contributed by atoms with Crippen molar-refractivity contribution in [3.63, 3.8) is 0 Å². The zero-order chi connectivity index (χ0) is 19.2. The van der Waals surface area contributed by atoms with E-state index in [9.17, 15) is 10.5 Å². The van der Waals surface area contributed by atoms with Crippen molar-refractivity contribution in [2.45, 2.75) is 62.2 Å². The maximum absolute atomic E-state index is 9.88. The van der Waals surface area contributed by atoms with Crippen LogP contribution in [-0.4, -0.2) is 0 Å². The van der Waals surface area contributed by atoms with Gasteiger partial charge in [0.25, 0.3) is 0 Å². The van der Waals surface area contributed by atoms with E-state index in [1.807, 2.05) is 22.8 Å². The summed E-state index contributed by atoms with van der Waals surface area (Å²) in [6, 6.07) is 15.4. The summed E-state index contributed by atoms with van der Waals surface area (Å²) in [6.07, 6.45) is 5.60. The first kappa shape index (κ1) is 20.3. The third-order valence-corrected chi connectivity index (χ3v) is 11.9.